The molecule has 0 bridgehead atoms. The van der Waals surface area contributed by atoms with E-state index in [1.807, 2.05) is 24.0 Å². The molecule has 6 heteroatoms. The van der Waals surface area contributed by atoms with Crippen molar-refractivity contribution in [1.29, 1.82) is 0 Å². The molecule has 0 unspecified atom stereocenters. The Bertz CT molecular complexity index is 649. The van der Waals surface area contributed by atoms with Crippen LogP contribution in [-0.4, -0.2) is 32.1 Å². The van der Waals surface area contributed by atoms with E-state index < -0.39 is 0 Å². The van der Waals surface area contributed by atoms with Crippen LogP contribution in [0.25, 0.3) is 0 Å². The highest BCUT2D eigenvalue weighted by atomic mass is 16.3. The van der Waals surface area contributed by atoms with Crippen LogP contribution in [0.1, 0.15) is 57.2 Å². The summed E-state index contributed by atoms with van der Waals surface area (Å²) in [6, 6.07) is 3.69. The van der Waals surface area contributed by atoms with Gasteiger partial charge in [-0.3, -0.25) is 4.79 Å². The maximum Gasteiger partial charge on any atom is 0.247 e. The monoisotopic (exact) mass is 316 g/mol. The van der Waals surface area contributed by atoms with Crippen molar-refractivity contribution in [3.05, 3.63) is 36.3 Å². The molecule has 23 heavy (non-hydrogen) atoms. The Balaban J connectivity index is 1.84. The number of piperidine rings is 1. The number of amides is 1. The number of hydrogen-bond acceptors (Lipinski definition) is 4. The van der Waals surface area contributed by atoms with Crippen LogP contribution in [0.2, 0.25) is 0 Å². The Morgan fingerprint density at radius 3 is 2.96 bits per heavy atom. The maximum atomic E-state index is 13.0. The van der Waals surface area contributed by atoms with Crippen molar-refractivity contribution in [2.75, 3.05) is 6.54 Å². The fourth-order valence-corrected chi connectivity index (χ4v) is 3.21. The van der Waals surface area contributed by atoms with Crippen LogP contribution in [0.3, 0.4) is 0 Å². The van der Waals surface area contributed by atoms with Crippen LogP contribution in [0, 0.1) is 5.92 Å². The van der Waals surface area contributed by atoms with Crippen molar-refractivity contribution in [1.82, 2.24) is 19.7 Å². The summed E-state index contributed by atoms with van der Waals surface area (Å²) in [6.07, 6.45) is 5.87. The molecule has 1 saturated heterocycles. The minimum absolute atomic E-state index is 0.0116. The van der Waals surface area contributed by atoms with Gasteiger partial charge in [-0.05, 0) is 37.8 Å². The zero-order chi connectivity index (χ0) is 16.4. The van der Waals surface area contributed by atoms with Crippen molar-refractivity contribution in [3.63, 3.8) is 0 Å². The lowest BCUT2D eigenvalue weighted by Crippen LogP contribution is -2.43. The number of rotatable bonds is 4. The first-order valence-corrected chi connectivity index (χ1v) is 8.33. The lowest BCUT2D eigenvalue weighted by molar-refractivity contribution is -0.139. The van der Waals surface area contributed by atoms with E-state index >= 15 is 0 Å². The highest BCUT2D eigenvalue weighted by Crippen LogP contribution is 2.36. The molecule has 1 aliphatic heterocycles. The summed E-state index contributed by atoms with van der Waals surface area (Å²) in [5.74, 6) is 2.52. The molecule has 3 heterocycles. The molecule has 2 aromatic rings. The molecule has 3 atom stereocenters. The summed E-state index contributed by atoms with van der Waals surface area (Å²) in [4.78, 5) is 18.8. The molecule has 2 aromatic heterocycles. The minimum Gasteiger partial charge on any atom is -0.464 e. The van der Waals surface area contributed by atoms with E-state index in [1.54, 1.807) is 11.0 Å². The van der Waals surface area contributed by atoms with Crippen molar-refractivity contribution in [2.45, 2.75) is 52.1 Å². The summed E-state index contributed by atoms with van der Waals surface area (Å²) in [7, 11) is 0. The Labute approximate surface area is 136 Å². The van der Waals surface area contributed by atoms with Crippen LogP contribution in [0.4, 0.5) is 0 Å². The first kappa shape index (κ1) is 15.8. The molecule has 1 fully saturated rings. The Hall–Kier alpha value is -2.11. The maximum absolute atomic E-state index is 13.0. The third kappa shape index (κ3) is 3.16. The molecule has 6 nitrogen and oxygen atoms in total. The first-order valence-electron chi connectivity index (χ1n) is 8.33. The fourth-order valence-electron chi connectivity index (χ4n) is 3.21. The lowest BCUT2D eigenvalue weighted by Gasteiger charge is -2.38. The van der Waals surface area contributed by atoms with Gasteiger partial charge in [-0.1, -0.05) is 13.8 Å². The molecule has 0 spiro atoms. The Morgan fingerprint density at radius 2 is 2.30 bits per heavy atom. The molecule has 3 rings (SSSR count). The van der Waals surface area contributed by atoms with Gasteiger partial charge in [0.2, 0.25) is 5.91 Å². The third-order valence-corrected chi connectivity index (χ3v) is 4.70. The van der Waals surface area contributed by atoms with E-state index in [9.17, 15) is 4.79 Å². The van der Waals surface area contributed by atoms with Crippen molar-refractivity contribution < 1.29 is 9.21 Å². The predicted molar refractivity (Wildman–Crippen MR) is 85.7 cm³/mol. The van der Waals surface area contributed by atoms with Gasteiger partial charge < -0.3 is 9.32 Å². The summed E-state index contributed by atoms with van der Waals surface area (Å²) >= 11 is 0. The number of hydrogen-bond donors (Lipinski definition) is 0. The quantitative estimate of drug-likeness (QED) is 0.870. The van der Waals surface area contributed by atoms with Gasteiger partial charge in [0.25, 0.3) is 0 Å². The van der Waals surface area contributed by atoms with Crippen LogP contribution >= 0.6 is 0 Å². The van der Waals surface area contributed by atoms with Crippen LogP contribution in [-0.2, 0) is 11.2 Å². The predicted octanol–water partition coefficient (Wildman–Crippen LogP) is 2.99. The van der Waals surface area contributed by atoms with Gasteiger partial charge in [-0.25, -0.2) is 9.67 Å². The van der Waals surface area contributed by atoms with E-state index in [0.29, 0.717) is 5.92 Å². The zero-order valence-electron chi connectivity index (χ0n) is 14.0. The molecule has 0 N–H and O–H groups in total. The molecule has 1 amide bonds. The largest absolute Gasteiger partial charge is 0.464 e. The average Bonchev–Trinajstić information content (AvgIpc) is 3.24. The van der Waals surface area contributed by atoms with Crippen LogP contribution in [0.5, 0.6) is 0 Å². The van der Waals surface area contributed by atoms with E-state index in [1.165, 1.54) is 6.33 Å². The number of nitrogens with zero attached hydrogens (tertiary/aromatic N) is 4. The van der Waals surface area contributed by atoms with Gasteiger partial charge in [-0.15, -0.1) is 0 Å². The molecule has 0 aliphatic carbocycles. The number of aryl methyl sites for hydroxylation is 1. The standard InChI is InChI=1S/C17H24N4O2/c1-4-14-5-6-16(23-14)15-9-12(2)7-8-20(15)17(22)13(3)21-11-18-10-19-21/h5-6,10-13,15H,4,7-9H2,1-3H3/t12-,13-,15-/m1/s1. The fraction of sp³-hybridized carbons (Fsp3) is 0.588. The van der Waals surface area contributed by atoms with E-state index in [-0.39, 0.29) is 18.0 Å². The number of aromatic nitrogens is 3. The van der Waals surface area contributed by atoms with E-state index in [4.69, 9.17) is 4.42 Å². The Morgan fingerprint density at radius 1 is 1.48 bits per heavy atom. The van der Waals surface area contributed by atoms with Crippen molar-refractivity contribution in [3.8, 4) is 0 Å². The normalized spacial score (nSPS) is 23.0. The number of likely N-dealkylation sites (tertiary alicyclic amines) is 1. The lowest BCUT2D eigenvalue weighted by atomic mass is 9.90. The first-order chi connectivity index (χ1) is 11.1. The second-order valence-corrected chi connectivity index (χ2v) is 6.39. The summed E-state index contributed by atoms with van der Waals surface area (Å²) in [5, 5.41) is 4.10. The highest BCUT2D eigenvalue weighted by molar-refractivity contribution is 5.80. The van der Waals surface area contributed by atoms with Gasteiger partial charge in [0.1, 0.15) is 30.2 Å². The molecular weight excluding hydrogens is 292 g/mol. The molecule has 124 valence electrons. The second kappa shape index (κ2) is 6.56. The van der Waals surface area contributed by atoms with Crippen molar-refractivity contribution in [2.24, 2.45) is 5.92 Å². The zero-order valence-corrected chi connectivity index (χ0v) is 14.0. The van der Waals surface area contributed by atoms with Crippen LogP contribution in [0.15, 0.2) is 29.2 Å². The minimum atomic E-state index is -0.353. The summed E-state index contributed by atoms with van der Waals surface area (Å²) < 4.78 is 7.55. The van der Waals surface area contributed by atoms with Gasteiger partial charge in [0, 0.05) is 13.0 Å². The third-order valence-electron chi connectivity index (χ3n) is 4.70. The number of furan rings is 1. The summed E-state index contributed by atoms with van der Waals surface area (Å²) in [5.41, 5.74) is 0. The molecule has 1 aliphatic rings. The average molecular weight is 316 g/mol. The molecule has 0 saturated carbocycles. The topological polar surface area (TPSA) is 64.2 Å². The van der Waals surface area contributed by atoms with Crippen molar-refractivity contribution >= 4 is 5.91 Å². The second-order valence-electron chi connectivity index (χ2n) is 6.39. The summed E-state index contributed by atoms with van der Waals surface area (Å²) in [6.45, 7) is 6.93. The smallest absolute Gasteiger partial charge is 0.247 e. The molecule has 0 radical (unpaired) electrons. The van der Waals surface area contributed by atoms with Gasteiger partial charge in [0.15, 0.2) is 0 Å². The molecule has 0 aromatic carbocycles. The van der Waals surface area contributed by atoms with E-state index in [0.717, 1.165) is 37.3 Å². The SMILES string of the molecule is CCc1ccc([C@H]2C[C@H](C)CCN2C(=O)[C@@H](C)n2cncn2)o1. The number of carbonyl (C=O) groups is 1. The van der Waals surface area contributed by atoms with Crippen LogP contribution < -0.4 is 0 Å². The van der Waals surface area contributed by atoms with Gasteiger partial charge in [-0.2, -0.15) is 5.10 Å². The Kier molecular flexibility index (Phi) is 4.50. The van der Waals surface area contributed by atoms with Gasteiger partial charge in [0.05, 0.1) is 6.04 Å². The van der Waals surface area contributed by atoms with E-state index in [2.05, 4.69) is 23.9 Å². The highest BCUT2D eigenvalue weighted by Gasteiger charge is 2.35. The van der Waals surface area contributed by atoms with Gasteiger partial charge >= 0.3 is 0 Å². The molecular formula is C17H24N4O2. The number of carbonyl (C=O) groups excluding carboxylic acids is 1.